The first kappa shape index (κ1) is 24.1. The lowest BCUT2D eigenvalue weighted by atomic mass is 9.95. The minimum absolute atomic E-state index is 0.0568. The van der Waals surface area contributed by atoms with E-state index >= 15 is 0 Å². The number of ketones is 1. The van der Waals surface area contributed by atoms with Gasteiger partial charge < -0.3 is 24.1 Å². The van der Waals surface area contributed by atoms with E-state index in [-0.39, 0.29) is 17.9 Å². The minimum atomic E-state index is -0.752. The molecule has 1 atom stereocenters. The van der Waals surface area contributed by atoms with Crippen LogP contribution in [0.15, 0.2) is 76.9 Å². The number of furan rings is 1. The molecule has 1 aliphatic heterocycles. The molecule has 0 saturated carbocycles. The van der Waals surface area contributed by atoms with Crippen LogP contribution < -0.4 is 9.64 Å². The topological polar surface area (TPSA) is 83.2 Å². The summed E-state index contributed by atoms with van der Waals surface area (Å²) in [5, 5.41) is 11.2. The molecule has 182 valence electrons. The van der Waals surface area contributed by atoms with Gasteiger partial charge in [0.1, 0.15) is 17.3 Å². The number of nitrogens with zero attached hydrogens (tertiary/aromatic N) is 2. The van der Waals surface area contributed by atoms with Crippen molar-refractivity contribution in [3.63, 3.8) is 0 Å². The number of likely N-dealkylation sites (tertiary alicyclic amines) is 1. The number of carbonyl (C=O) groups is 2. The molecule has 2 aromatic carbocycles. The fourth-order valence-electron chi connectivity index (χ4n) is 4.45. The summed E-state index contributed by atoms with van der Waals surface area (Å²) in [6.45, 7) is 8.43. The molecular weight excluding hydrogens is 444 g/mol. The molecule has 0 radical (unpaired) electrons. The maximum Gasteiger partial charge on any atom is 0.296 e. The summed E-state index contributed by atoms with van der Waals surface area (Å²) in [6, 6.07) is 17.3. The van der Waals surface area contributed by atoms with E-state index < -0.39 is 17.7 Å². The third-order valence-electron chi connectivity index (χ3n) is 6.22. The predicted molar refractivity (Wildman–Crippen MR) is 134 cm³/mol. The number of ether oxygens (including phenoxy) is 1. The number of hydrogen-bond donors (Lipinski definition) is 1. The average molecular weight is 475 g/mol. The molecule has 1 fully saturated rings. The lowest BCUT2D eigenvalue weighted by molar-refractivity contribution is -0.140. The number of aliphatic hydroxyl groups is 1. The van der Waals surface area contributed by atoms with Crippen molar-refractivity contribution in [3.05, 3.63) is 89.4 Å². The number of aliphatic hydroxyl groups excluding tert-OH is 1. The number of benzene rings is 2. The van der Waals surface area contributed by atoms with Crippen molar-refractivity contribution in [2.24, 2.45) is 0 Å². The van der Waals surface area contributed by atoms with E-state index in [4.69, 9.17) is 9.15 Å². The molecule has 4 rings (SSSR count). The number of hydrogen-bond acceptors (Lipinski definition) is 6. The molecule has 1 N–H and O–H groups in total. The van der Waals surface area contributed by atoms with E-state index in [1.54, 1.807) is 36.4 Å². The van der Waals surface area contributed by atoms with Gasteiger partial charge in [0.15, 0.2) is 0 Å². The number of Topliss-reactive ketones (excluding diaryl/α,β-unsaturated/α-hetero) is 1. The molecule has 3 aromatic rings. The summed E-state index contributed by atoms with van der Waals surface area (Å²) < 4.78 is 10.9. The SMILES string of the molecule is CCOc1ccc(/C(O)=C2\C(=O)C(=O)N(Cc3ccco3)C2c2ccc(N(CC)CC)cc2)cc1. The lowest BCUT2D eigenvalue weighted by Gasteiger charge is -2.26. The first-order valence-corrected chi connectivity index (χ1v) is 11.9. The van der Waals surface area contributed by atoms with Crippen LogP contribution in [-0.4, -0.2) is 41.4 Å². The fourth-order valence-corrected chi connectivity index (χ4v) is 4.45. The summed E-state index contributed by atoms with van der Waals surface area (Å²) in [7, 11) is 0. The molecule has 0 spiro atoms. The zero-order valence-corrected chi connectivity index (χ0v) is 20.2. The van der Waals surface area contributed by atoms with Crippen LogP contribution in [0.4, 0.5) is 5.69 Å². The van der Waals surface area contributed by atoms with E-state index in [0.29, 0.717) is 23.7 Å². The van der Waals surface area contributed by atoms with Gasteiger partial charge in [-0.05, 0) is 74.9 Å². The highest BCUT2D eigenvalue weighted by Gasteiger charge is 2.46. The van der Waals surface area contributed by atoms with Gasteiger partial charge in [0.05, 0.1) is 31.0 Å². The Kier molecular flexibility index (Phi) is 7.25. The van der Waals surface area contributed by atoms with Crippen molar-refractivity contribution in [1.29, 1.82) is 0 Å². The van der Waals surface area contributed by atoms with Gasteiger partial charge in [0.25, 0.3) is 11.7 Å². The Bertz CT molecular complexity index is 1190. The van der Waals surface area contributed by atoms with Crippen molar-refractivity contribution in [3.8, 4) is 5.75 Å². The Morgan fingerprint density at radius 1 is 1.00 bits per heavy atom. The zero-order valence-electron chi connectivity index (χ0n) is 20.2. The van der Waals surface area contributed by atoms with Crippen LogP contribution in [0.1, 0.15) is 43.7 Å². The Hall–Kier alpha value is -4.00. The molecule has 2 heterocycles. The van der Waals surface area contributed by atoms with Crippen molar-refractivity contribution in [2.45, 2.75) is 33.4 Å². The maximum atomic E-state index is 13.2. The molecule has 0 bridgehead atoms. The molecular formula is C28H30N2O5. The Morgan fingerprint density at radius 2 is 1.69 bits per heavy atom. The normalized spacial score (nSPS) is 17.1. The van der Waals surface area contributed by atoms with Gasteiger partial charge in [0, 0.05) is 24.3 Å². The number of carbonyl (C=O) groups excluding carboxylic acids is 2. The molecule has 1 aliphatic rings. The van der Waals surface area contributed by atoms with E-state index in [9.17, 15) is 14.7 Å². The molecule has 1 aromatic heterocycles. The second kappa shape index (κ2) is 10.5. The first-order valence-electron chi connectivity index (χ1n) is 11.9. The van der Waals surface area contributed by atoms with Gasteiger partial charge in [0.2, 0.25) is 0 Å². The zero-order chi connectivity index (χ0) is 24.9. The summed E-state index contributed by atoms with van der Waals surface area (Å²) in [6.07, 6.45) is 1.53. The van der Waals surface area contributed by atoms with Gasteiger partial charge >= 0.3 is 0 Å². The van der Waals surface area contributed by atoms with Gasteiger partial charge in [-0.2, -0.15) is 0 Å². The summed E-state index contributed by atoms with van der Waals surface area (Å²) in [4.78, 5) is 30.0. The Labute approximate surface area is 205 Å². The largest absolute Gasteiger partial charge is 0.507 e. The third-order valence-corrected chi connectivity index (χ3v) is 6.22. The second-order valence-corrected chi connectivity index (χ2v) is 8.23. The molecule has 1 saturated heterocycles. The lowest BCUT2D eigenvalue weighted by Crippen LogP contribution is -2.29. The summed E-state index contributed by atoms with van der Waals surface area (Å²) >= 11 is 0. The van der Waals surface area contributed by atoms with Crippen LogP contribution in [0.3, 0.4) is 0 Å². The number of anilines is 1. The highest BCUT2D eigenvalue weighted by Crippen LogP contribution is 2.41. The summed E-state index contributed by atoms with van der Waals surface area (Å²) in [5.41, 5.74) is 2.28. The highest BCUT2D eigenvalue weighted by molar-refractivity contribution is 6.46. The highest BCUT2D eigenvalue weighted by atomic mass is 16.5. The smallest absolute Gasteiger partial charge is 0.296 e. The van der Waals surface area contributed by atoms with Gasteiger partial charge in [-0.25, -0.2) is 0 Å². The van der Waals surface area contributed by atoms with Crippen molar-refractivity contribution in [2.75, 3.05) is 24.6 Å². The van der Waals surface area contributed by atoms with Gasteiger partial charge in [-0.3, -0.25) is 9.59 Å². The monoisotopic (exact) mass is 474 g/mol. The predicted octanol–water partition coefficient (Wildman–Crippen LogP) is 5.15. The van der Waals surface area contributed by atoms with Crippen LogP contribution in [0.2, 0.25) is 0 Å². The summed E-state index contributed by atoms with van der Waals surface area (Å²) in [5.74, 6) is -0.401. The van der Waals surface area contributed by atoms with Crippen molar-refractivity contribution < 1.29 is 23.8 Å². The Balaban J connectivity index is 1.79. The van der Waals surface area contributed by atoms with Crippen LogP contribution in [0.5, 0.6) is 5.75 Å². The van der Waals surface area contributed by atoms with Crippen molar-refractivity contribution >= 4 is 23.1 Å². The van der Waals surface area contributed by atoms with E-state index in [1.807, 2.05) is 31.2 Å². The molecule has 1 unspecified atom stereocenters. The van der Waals surface area contributed by atoms with Gasteiger partial charge in [-0.15, -0.1) is 0 Å². The third kappa shape index (κ3) is 4.80. The molecule has 35 heavy (non-hydrogen) atoms. The molecule has 1 amide bonds. The minimum Gasteiger partial charge on any atom is -0.507 e. The van der Waals surface area contributed by atoms with Crippen molar-refractivity contribution in [1.82, 2.24) is 4.90 Å². The van der Waals surface area contributed by atoms with Crippen LogP contribution in [0, 0.1) is 0 Å². The quantitative estimate of drug-likeness (QED) is 0.262. The standard InChI is InChI=1S/C28H30N2O5/c1-4-29(5-2)21-13-9-19(10-14-21)25-24(26(31)20-11-15-22(16-12-20)34-6-3)27(32)28(33)30(25)18-23-8-7-17-35-23/h7-17,25,31H,4-6,18H2,1-3H3/b26-24+. The van der Waals surface area contributed by atoms with Crippen LogP contribution in [-0.2, 0) is 16.1 Å². The van der Waals surface area contributed by atoms with Gasteiger partial charge in [-0.1, -0.05) is 12.1 Å². The second-order valence-electron chi connectivity index (χ2n) is 8.23. The number of amides is 1. The first-order chi connectivity index (χ1) is 17.0. The molecule has 0 aliphatic carbocycles. The molecule has 7 heteroatoms. The van der Waals surface area contributed by atoms with Crippen LogP contribution >= 0.6 is 0 Å². The Morgan fingerprint density at radius 3 is 2.26 bits per heavy atom. The average Bonchev–Trinajstić information content (AvgIpc) is 3.48. The molecule has 7 nitrogen and oxygen atoms in total. The van der Waals surface area contributed by atoms with E-state index in [1.165, 1.54) is 11.2 Å². The van der Waals surface area contributed by atoms with E-state index in [2.05, 4.69) is 18.7 Å². The number of rotatable bonds is 9. The van der Waals surface area contributed by atoms with Crippen LogP contribution in [0.25, 0.3) is 5.76 Å². The fraction of sp³-hybridized carbons (Fsp3) is 0.286. The van der Waals surface area contributed by atoms with E-state index in [0.717, 1.165) is 24.3 Å². The maximum absolute atomic E-state index is 13.2.